The van der Waals surface area contributed by atoms with E-state index in [0.717, 1.165) is 11.1 Å². The van der Waals surface area contributed by atoms with Gasteiger partial charge in [-0.05, 0) is 49.2 Å². The van der Waals surface area contributed by atoms with Crippen LogP contribution in [0.2, 0.25) is 0 Å². The number of halogens is 1. The Morgan fingerprint density at radius 3 is 2.62 bits per heavy atom. The summed E-state index contributed by atoms with van der Waals surface area (Å²) in [5.41, 5.74) is 9.18. The van der Waals surface area contributed by atoms with E-state index in [2.05, 4.69) is 5.32 Å². The van der Waals surface area contributed by atoms with Gasteiger partial charge >= 0.3 is 0 Å². The van der Waals surface area contributed by atoms with E-state index < -0.39 is 5.82 Å². The molecule has 0 fully saturated rings. The van der Waals surface area contributed by atoms with E-state index >= 15 is 0 Å². The van der Waals surface area contributed by atoms with Crippen molar-refractivity contribution < 1.29 is 13.9 Å². The van der Waals surface area contributed by atoms with E-state index in [1.54, 1.807) is 6.07 Å². The van der Waals surface area contributed by atoms with Crippen molar-refractivity contribution in [2.45, 2.75) is 13.8 Å². The highest BCUT2D eigenvalue weighted by Crippen LogP contribution is 2.27. The molecule has 110 valence electrons. The zero-order chi connectivity index (χ0) is 15.6. The Hall–Kier alpha value is -2.56. The molecular formula is C16H17FN2O2. The highest BCUT2D eigenvalue weighted by atomic mass is 19.1. The van der Waals surface area contributed by atoms with E-state index in [0.29, 0.717) is 16.9 Å². The fourth-order valence-corrected chi connectivity index (χ4v) is 1.99. The van der Waals surface area contributed by atoms with Crippen LogP contribution in [0.25, 0.3) is 0 Å². The third kappa shape index (κ3) is 2.97. The van der Waals surface area contributed by atoms with Crippen molar-refractivity contribution in [3.05, 3.63) is 52.8 Å². The second kappa shape index (κ2) is 5.83. The normalized spacial score (nSPS) is 10.3. The molecule has 0 aromatic heterocycles. The van der Waals surface area contributed by atoms with Crippen molar-refractivity contribution in [1.29, 1.82) is 0 Å². The molecule has 0 aliphatic heterocycles. The lowest BCUT2D eigenvalue weighted by Gasteiger charge is -2.13. The predicted octanol–water partition coefficient (Wildman–Crippen LogP) is 3.29. The Bertz CT molecular complexity index is 699. The topological polar surface area (TPSA) is 64.3 Å². The summed E-state index contributed by atoms with van der Waals surface area (Å²) >= 11 is 0. The van der Waals surface area contributed by atoms with Gasteiger partial charge in [-0.15, -0.1) is 0 Å². The van der Waals surface area contributed by atoms with Crippen molar-refractivity contribution >= 4 is 17.3 Å². The van der Waals surface area contributed by atoms with Crippen molar-refractivity contribution in [2.24, 2.45) is 0 Å². The minimum absolute atomic E-state index is 0.0246. The van der Waals surface area contributed by atoms with Crippen LogP contribution in [-0.4, -0.2) is 13.0 Å². The Morgan fingerprint density at radius 2 is 1.95 bits per heavy atom. The summed E-state index contributed by atoms with van der Waals surface area (Å²) in [5, 5.41) is 2.76. The second-order valence-electron chi connectivity index (χ2n) is 4.78. The first kappa shape index (κ1) is 14.8. The van der Waals surface area contributed by atoms with Crippen LogP contribution in [0.4, 0.5) is 15.8 Å². The molecule has 0 saturated heterocycles. The molecule has 4 nitrogen and oxygen atoms in total. The Morgan fingerprint density at radius 1 is 1.24 bits per heavy atom. The Balaban J connectivity index is 2.33. The molecular weight excluding hydrogens is 271 g/mol. The van der Waals surface area contributed by atoms with Crippen LogP contribution in [0.15, 0.2) is 30.3 Å². The number of aryl methyl sites for hydroxylation is 1. The summed E-state index contributed by atoms with van der Waals surface area (Å²) in [4.78, 5) is 12.3. The van der Waals surface area contributed by atoms with Gasteiger partial charge in [-0.1, -0.05) is 6.07 Å². The van der Waals surface area contributed by atoms with Crippen LogP contribution < -0.4 is 15.8 Å². The van der Waals surface area contributed by atoms with Gasteiger partial charge in [0.1, 0.15) is 0 Å². The summed E-state index contributed by atoms with van der Waals surface area (Å²) < 4.78 is 18.2. The third-order valence-corrected chi connectivity index (χ3v) is 3.42. The predicted molar refractivity (Wildman–Crippen MR) is 81.2 cm³/mol. The first-order valence-corrected chi connectivity index (χ1v) is 6.44. The van der Waals surface area contributed by atoms with Gasteiger partial charge in [0.15, 0.2) is 11.6 Å². The van der Waals surface area contributed by atoms with Gasteiger partial charge in [0.25, 0.3) is 5.91 Å². The molecule has 3 N–H and O–H groups in total. The lowest BCUT2D eigenvalue weighted by Crippen LogP contribution is -2.15. The Kier molecular flexibility index (Phi) is 4.12. The maximum absolute atomic E-state index is 13.4. The molecule has 2 rings (SSSR count). The number of nitrogens with two attached hydrogens (primary N) is 1. The van der Waals surface area contributed by atoms with E-state index in [9.17, 15) is 9.18 Å². The monoisotopic (exact) mass is 288 g/mol. The second-order valence-corrected chi connectivity index (χ2v) is 4.78. The maximum atomic E-state index is 13.4. The number of nitrogen functional groups attached to an aromatic ring is 1. The van der Waals surface area contributed by atoms with Gasteiger partial charge in [0.2, 0.25) is 0 Å². The van der Waals surface area contributed by atoms with Gasteiger partial charge in [-0.3, -0.25) is 4.79 Å². The zero-order valence-electron chi connectivity index (χ0n) is 12.2. The number of amides is 1. The fraction of sp³-hybridized carbons (Fsp3) is 0.188. The number of carbonyl (C=O) groups excluding carboxylic acids is 1. The number of anilines is 2. The number of hydrogen-bond donors (Lipinski definition) is 2. The summed E-state index contributed by atoms with van der Waals surface area (Å²) in [7, 11) is 1.35. The molecule has 0 radical (unpaired) electrons. The molecule has 2 aromatic carbocycles. The summed E-state index contributed by atoms with van der Waals surface area (Å²) in [6, 6.07) is 7.57. The van der Waals surface area contributed by atoms with Crippen LogP contribution in [0.5, 0.6) is 5.75 Å². The zero-order valence-corrected chi connectivity index (χ0v) is 12.2. The first-order chi connectivity index (χ1) is 9.93. The van der Waals surface area contributed by atoms with Gasteiger partial charge in [-0.2, -0.15) is 0 Å². The van der Waals surface area contributed by atoms with E-state index in [4.69, 9.17) is 10.5 Å². The van der Waals surface area contributed by atoms with Crippen LogP contribution in [-0.2, 0) is 0 Å². The quantitative estimate of drug-likeness (QED) is 0.852. The Labute approximate surface area is 122 Å². The molecule has 5 heteroatoms. The third-order valence-electron chi connectivity index (χ3n) is 3.42. The van der Waals surface area contributed by atoms with Gasteiger partial charge in [0.05, 0.1) is 18.5 Å². The summed E-state index contributed by atoms with van der Waals surface area (Å²) in [6.07, 6.45) is 0. The summed E-state index contributed by atoms with van der Waals surface area (Å²) in [5.74, 6) is -0.856. The van der Waals surface area contributed by atoms with Gasteiger partial charge in [0, 0.05) is 5.56 Å². The standard InChI is InChI=1S/C16H17FN2O2/c1-9-4-7-13(18)15(10(9)2)19-16(20)11-5-6-12(17)14(8-11)21-3/h4-8H,18H2,1-3H3,(H,19,20). The van der Waals surface area contributed by atoms with Gasteiger partial charge < -0.3 is 15.8 Å². The lowest BCUT2D eigenvalue weighted by molar-refractivity contribution is 0.102. The number of methoxy groups -OCH3 is 1. The molecule has 0 bridgehead atoms. The molecule has 21 heavy (non-hydrogen) atoms. The highest BCUT2D eigenvalue weighted by molar-refractivity contribution is 6.06. The smallest absolute Gasteiger partial charge is 0.255 e. The van der Waals surface area contributed by atoms with E-state index in [1.807, 2.05) is 19.9 Å². The lowest BCUT2D eigenvalue weighted by atomic mass is 10.1. The maximum Gasteiger partial charge on any atom is 0.255 e. The molecule has 1 amide bonds. The molecule has 0 aliphatic carbocycles. The largest absolute Gasteiger partial charge is 0.494 e. The first-order valence-electron chi connectivity index (χ1n) is 6.44. The van der Waals surface area contributed by atoms with Gasteiger partial charge in [-0.25, -0.2) is 4.39 Å². The number of nitrogens with one attached hydrogen (secondary N) is 1. The average Bonchev–Trinajstić information content (AvgIpc) is 2.48. The van der Waals surface area contributed by atoms with Crippen LogP contribution in [0.3, 0.4) is 0 Å². The molecule has 0 spiro atoms. The molecule has 0 atom stereocenters. The fourth-order valence-electron chi connectivity index (χ4n) is 1.99. The number of benzene rings is 2. The van der Waals surface area contributed by atoms with E-state index in [1.165, 1.54) is 25.3 Å². The van der Waals surface area contributed by atoms with Crippen LogP contribution >= 0.6 is 0 Å². The molecule has 2 aromatic rings. The van der Waals surface area contributed by atoms with Crippen molar-refractivity contribution in [1.82, 2.24) is 0 Å². The van der Waals surface area contributed by atoms with Crippen LogP contribution in [0, 0.1) is 19.7 Å². The number of rotatable bonds is 3. The number of hydrogen-bond acceptors (Lipinski definition) is 3. The molecule has 0 heterocycles. The SMILES string of the molecule is COc1cc(C(=O)Nc2c(N)ccc(C)c2C)ccc1F. The molecule has 0 unspecified atom stereocenters. The number of ether oxygens (including phenoxy) is 1. The summed E-state index contributed by atoms with van der Waals surface area (Å²) in [6.45, 7) is 3.82. The number of carbonyl (C=O) groups is 1. The molecule has 0 saturated carbocycles. The van der Waals surface area contributed by atoms with Crippen molar-refractivity contribution in [2.75, 3.05) is 18.2 Å². The minimum atomic E-state index is -0.514. The average molecular weight is 288 g/mol. The van der Waals surface area contributed by atoms with Crippen LogP contribution in [0.1, 0.15) is 21.5 Å². The van der Waals surface area contributed by atoms with Crippen molar-refractivity contribution in [3.63, 3.8) is 0 Å². The molecule has 0 aliphatic rings. The van der Waals surface area contributed by atoms with Crippen molar-refractivity contribution in [3.8, 4) is 5.75 Å². The minimum Gasteiger partial charge on any atom is -0.494 e. The van der Waals surface area contributed by atoms with E-state index in [-0.39, 0.29) is 11.7 Å². The highest BCUT2D eigenvalue weighted by Gasteiger charge is 2.13.